The van der Waals surface area contributed by atoms with Gasteiger partial charge in [-0.3, -0.25) is 0 Å². The van der Waals surface area contributed by atoms with Crippen molar-refractivity contribution in [2.24, 2.45) is 9.98 Å². The summed E-state index contributed by atoms with van der Waals surface area (Å²) in [4.78, 5) is 8.81. The van der Waals surface area contributed by atoms with Gasteiger partial charge in [0.05, 0.1) is 11.7 Å². The molecule has 0 heterocycles. The van der Waals surface area contributed by atoms with Crippen LogP contribution in [0.4, 0.5) is 5.69 Å². The summed E-state index contributed by atoms with van der Waals surface area (Å²) in [6.45, 7) is 3.07. The number of aliphatic imine (C=N–C) groups is 2. The smallest absolute Gasteiger partial charge is 0.0949 e. The predicted molar refractivity (Wildman–Crippen MR) is 109 cm³/mol. The molecule has 0 spiro atoms. The minimum Gasteiger partial charge on any atom is -0.225 e. The molecule has 0 saturated carbocycles. The molecule has 0 saturated heterocycles. The van der Waals surface area contributed by atoms with E-state index in [0.717, 1.165) is 24.0 Å². The summed E-state index contributed by atoms with van der Waals surface area (Å²) >= 11 is 0. The van der Waals surface area contributed by atoms with Gasteiger partial charge in [0.15, 0.2) is 0 Å². The Kier molecular flexibility index (Phi) is 6.36. The standard InChI is InChI=1S/C23H26N2/c1-2-3-4-5-6-9-15-24-18-25-23-14-10-13-21-16-19-11-7-8-12-20(19)17-22(21)23/h7-8,10-14,16-17H,2-6,9,15H2,1H3. The molecular formula is C23H26N2. The van der Waals surface area contributed by atoms with Crippen LogP contribution in [0.5, 0.6) is 0 Å². The zero-order valence-electron chi connectivity index (χ0n) is 15.0. The first-order chi connectivity index (χ1) is 12.4. The third-order valence-electron chi connectivity index (χ3n) is 4.59. The fourth-order valence-corrected chi connectivity index (χ4v) is 3.16. The van der Waals surface area contributed by atoms with E-state index in [4.69, 9.17) is 0 Å². The van der Waals surface area contributed by atoms with Gasteiger partial charge in [0.25, 0.3) is 0 Å². The van der Waals surface area contributed by atoms with Crippen LogP contribution < -0.4 is 0 Å². The molecule has 0 aliphatic carbocycles. The molecule has 0 fully saturated rings. The number of hydrogen-bond donors (Lipinski definition) is 0. The van der Waals surface area contributed by atoms with Gasteiger partial charge in [0.1, 0.15) is 0 Å². The third-order valence-corrected chi connectivity index (χ3v) is 4.59. The second kappa shape index (κ2) is 9.15. The van der Waals surface area contributed by atoms with Gasteiger partial charge >= 0.3 is 0 Å². The number of fused-ring (bicyclic) bond motifs is 2. The highest BCUT2D eigenvalue weighted by atomic mass is 14.8. The second-order valence-corrected chi connectivity index (χ2v) is 6.56. The highest BCUT2D eigenvalue weighted by Gasteiger charge is 2.01. The van der Waals surface area contributed by atoms with Crippen molar-refractivity contribution < 1.29 is 0 Å². The van der Waals surface area contributed by atoms with Gasteiger partial charge in [-0.2, -0.15) is 4.99 Å². The third kappa shape index (κ3) is 4.78. The monoisotopic (exact) mass is 330 g/mol. The molecule has 0 aliphatic rings. The topological polar surface area (TPSA) is 24.7 Å². The van der Waals surface area contributed by atoms with E-state index in [1.165, 1.54) is 48.3 Å². The van der Waals surface area contributed by atoms with Crippen molar-refractivity contribution in [2.45, 2.75) is 45.4 Å². The first-order valence-electron chi connectivity index (χ1n) is 9.42. The van der Waals surface area contributed by atoms with E-state index in [2.05, 4.69) is 65.4 Å². The summed E-state index contributed by atoms with van der Waals surface area (Å²) in [6, 6.07) is 22.0. The summed E-state index contributed by atoms with van der Waals surface area (Å²) in [5.41, 5.74) is 0.940. The number of nitrogens with zero attached hydrogens (tertiary/aromatic N) is 2. The van der Waals surface area contributed by atoms with Crippen molar-refractivity contribution >= 4 is 33.2 Å². The molecule has 0 bridgehead atoms. The van der Waals surface area contributed by atoms with Crippen LogP contribution in [0.3, 0.4) is 0 Å². The van der Waals surface area contributed by atoms with Gasteiger partial charge in [-0.05, 0) is 40.8 Å². The lowest BCUT2D eigenvalue weighted by atomic mass is 10.0. The van der Waals surface area contributed by atoms with Gasteiger partial charge in [0.2, 0.25) is 0 Å². The predicted octanol–water partition coefficient (Wildman–Crippen LogP) is 7.16. The van der Waals surface area contributed by atoms with Crippen molar-refractivity contribution in [1.29, 1.82) is 0 Å². The van der Waals surface area contributed by atoms with Gasteiger partial charge in [0, 0.05) is 11.9 Å². The van der Waals surface area contributed by atoms with Crippen LogP contribution in [0.1, 0.15) is 45.4 Å². The lowest BCUT2D eigenvalue weighted by molar-refractivity contribution is 0.613. The first kappa shape index (κ1) is 17.4. The largest absolute Gasteiger partial charge is 0.225 e. The fourth-order valence-electron chi connectivity index (χ4n) is 3.16. The molecule has 3 aromatic rings. The van der Waals surface area contributed by atoms with E-state index >= 15 is 0 Å². The summed E-state index contributed by atoms with van der Waals surface area (Å²) in [5, 5.41) is 4.86. The summed E-state index contributed by atoms with van der Waals surface area (Å²) in [7, 11) is 0. The average Bonchev–Trinajstić information content (AvgIpc) is 2.65. The van der Waals surface area contributed by atoms with E-state index in [9.17, 15) is 0 Å². The molecule has 0 atom stereocenters. The van der Waals surface area contributed by atoms with Crippen molar-refractivity contribution in [2.75, 3.05) is 6.54 Å². The Morgan fingerprint density at radius 3 is 2.32 bits per heavy atom. The van der Waals surface area contributed by atoms with Crippen molar-refractivity contribution in [3.63, 3.8) is 0 Å². The van der Waals surface area contributed by atoms with Crippen molar-refractivity contribution in [3.05, 3.63) is 54.6 Å². The highest BCUT2D eigenvalue weighted by Crippen LogP contribution is 2.29. The Morgan fingerprint density at radius 1 is 0.760 bits per heavy atom. The first-order valence-corrected chi connectivity index (χ1v) is 9.42. The van der Waals surface area contributed by atoms with Crippen LogP contribution in [0, 0.1) is 0 Å². The van der Waals surface area contributed by atoms with Crippen molar-refractivity contribution in [1.82, 2.24) is 0 Å². The molecule has 0 radical (unpaired) electrons. The maximum absolute atomic E-state index is 4.47. The van der Waals surface area contributed by atoms with Crippen LogP contribution >= 0.6 is 0 Å². The van der Waals surface area contributed by atoms with E-state index in [-0.39, 0.29) is 0 Å². The molecule has 0 N–H and O–H groups in total. The van der Waals surface area contributed by atoms with Crippen molar-refractivity contribution in [3.8, 4) is 0 Å². The van der Waals surface area contributed by atoms with Gasteiger partial charge in [-0.15, -0.1) is 0 Å². The van der Waals surface area contributed by atoms with Crippen LogP contribution in [0.2, 0.25) is 0 Å². The van der Waals surface area contributed by atoms with Crippen LogP contribution in [-0.4, -0.2) is 12.6 Å². The molecule has 0 unspecified atom stereocenters. The maximum atomic E-state index is 4.47. The Bertz CT molecular complexity index is 889. The summed E-state index contributed by atoms with van der Waals surface area (Å²) in [5.74, 6) is 0. The lowest BCUT2D eigenvalue weighted by Gasteiger charge is -2.04. The molecular weight excluding hydrogens is 304 g/mol. The van der Waals surface area contributed by atoms with E-state index in [1.807, 2.05) is 12.1 Å². The molecule has 25 heavy (non-hydrogen) atoms. The Balaban J connectivity index is 1.68. The zero-order valence-corrected chi connectivity index (χ0v) is 15.0. The van der Waals surface area contributed by atoms with Crippen LogP contribution in [0.25, 0.3) is 21.5 Å². The molecule has 128 valence electrons. The molecule has 0 amide bonds. The Morgan fingerprint density at radius 2 is 1.48 bits per heavy atom. The molecule has 0 aliphatic heterocycles. The molecule has 0 aromatic heterocycles. The normalized spacial score (nSPS) is 10.8. The van der Waals surface area contributed by atoms with Gasteiger partial charge in [-0.25, -0.2) is 4.99 Å². The quantitative estimate of drug-likeness (QED) is 0.238. The van der Waals surface area contributed by atoms with E-state index < -0.39 is 0 Å². The van der Waals surface area contributed by atoms with Crippen LogP contribution in [-0.2, 0) is 0 Å². The van der Waals surface area contributed by atoms with Gasteiger partial charge in [-0.1, -0.05) is 75.4 Å². The van der Waals surface area contributed by atoms with E-state index in [1.54, 1.807) is 0 Å². The second-order valence-electron chi connectivity index (χ2n) is 6.56. The number of unbranched alkanes of at least 4 members (excludes halogenated alkanes) is 5. The summed E-state index contributed by atoms with van der Waals surface area (Å²) < 4.78 is 0. The number of hydrogen-bond acceptors (Lipinski definition) is 2. The lowest BCUT2D eigenvalue weighted by Crippen LogP contribution is -1.82. The molecule has 3 rings (SSSR count). The minimum absolute atomic E-state index is 0.823. The Hall–Kier alpha value is -2.44. The SMILES string of the molecule is CCCCCCCCN=C=Nc1cccc2cc3ccccc3cc12. The average molecular weight is 330 g/mol. The van der Waals surface area contributed by atoms with Crippen LogP contribution in [0.15, 0.2) is 64.6 Å². The highest BCUT2D eigenvalue weighted by molar-refractivity contribution is 6.03. The van der Waals surface area contributed by atoms with E-state index in [0.29, 0.717) is 0 Å². The molecule has 2 nitrogen and oxygen atoms in total. The maximum Gasteiger partial charge on any atom is 0.0949 e. The number of rotatable bonds is 8. The minimum atomic E-state index is 0.823. The number of benzene rings is 3. The summed E-state index contributed by atoms with van der Waals surface area (Å²) in [6.07, 6.45) is 7.69. The Labute approximate surface area is 150 Å². The molecule has 3 aromatic carbocycles. The molecule has 2 heteroatoms. The zero-order chi connectivity index (χ0) is 17.3. The van der Waals surface area contributed by atoms with Gasteiger partial charge < -0.3 is 0 Å². The fraction of sp³-hybridized carbons (Fsp3) is 0.348.